The maximum atomic E-state index is 12.3. The molecule has 0 aliphatic rings. The Bertz CT molecular complexity index is 724. The number of benzene rings is 2. The van der Waals surface area contributed by atoms with Crippen LogP contribution in [-0.4, -0.2) is 18.9 Å². The van der Waals surface area contributed by atoms with Gasteiger partial charge in [-0.1, -0.05) is 26.0 Å². The van der Waals surface area contributed by atoms with E-state index < -0.39 is 0 Å². The lowest BCUT2D eigenvalue weighted by atomic mass is 10.1. The van der Waals surface area contributed by atoms with Crippen molar-refractivity contribution in [1.82, 2.24) is 0 Å². The van der Waals surface area contributed by atoms with Crippen LogP contribution in [0.2, 0.25) is 0 Å². The van der Waals surface area contributed by atoms with E-state index in [1.54, 1.807) is 43.5 Å². The third-order valence-electron chi connectivity index (χ3n) is 3.52. The summed E-state index contributed by atoms with van der Waals surface area (Å²) in [6.45, 7) is 4.46. The van der Waals surface area contributed by atoms with Gasteiger partial charge < -0.3 is 15.4 Å². The fraction of sp³-hybridized carbons (Fsp3) is 0.300. The minimum Gasteiger partial charge on any atom is -0.380 e. The molecule has 2 N–H and O–H groups in total. The average Bonchev–Trinajstić information content (AvgIpc) is 2.56. The van der Waals surface area contributed by atoms with Gasteiger partial charge in [0.05, 0.1) is 6.61 Å². The number of hydrogen-bond donors (Lipinski definition) is 2. The molecule has 0 fully saturated rings. The van der Waals surface area contributed by atoms with Crippen LogP contribution in [0.3, 0.4) is 0 Å². The zero-order valence-corrected chi connectivity index (χ0v) is 14.8. The van der Waals surface area contributed by atoms with Gasteiger partial charge in [-0.3, -0.25) is 9.59 Å². The number of amides is 2. The lowest BCUT2D eigenvalue weighted by molar-refractivity contribution is -0.116. The summed E-state index contributed by atoms with van der Waals surface area (Å²) in [6.07, 6.45) is 0.482. The fourth-order valence-electron chi connectivity index (χ4n) is 2.39. The van der Waals surface area contributed by atoms with E-state index in [9.17, 15) is 9.59 Å². The monoisotopic (exact) mass is 340 g/mol. The lowest BCUT2D eigenvalue weighted by Crippen LogP contribution is -2.14. The van der Waals surface area contributed by atoms with E-state index in [0.717, 1.165) is 5.56 Å². The van der Waals surface area contributed by atoms with Crippen LogP contribution in [0.5, 0.6) is 0 Å². The van der Waals surface area contributed by atoms with E-state index in [4.69, 9.17) is 4.74 Å². The summed E-state index contributed by atoms with van der Waals surface area (Å²) in [5.41, 5.74) is 2.90. The average molecular weight is 340 g/mol. The van der Waals surface area contributed by atoms with Gasteiger partial charge in [0, 0.05) is 30.5 Å². The van der Waals surface area contributed by atoms with Gasteiger partial charge in [-0.15, -0.1) is 0 Å². The van der Waals surface area contributed by atoms with Gasteiger partial charge in [-0.05, 0) is 47.9 Å². The first-order valence-corrected chi connectivity index (χ1v) is 8.27. The number of ether oxygens (including phenoxy) is 1. The minimum absolute atomic E-state index is 0.0123. The van der Waals surface area contributed by atoms with Crippen molar-refractivity contribution < 1.29 is 14.3 Å². The number of nitrogens with one attached hydrogen (secondary N) is 2. The number of anilines is 2. The van der Waals surface area contributed by atoms with E-state index in [1.807, 2.05) is 26.0 Å². The molecule has 132 valence electrons. The number of carbonyl (C=O) groups is 2. The van der Waals surface area contributed by atoms with Crippen molar-refractivity contribution in [3.8, 4) is 0 Å². The second kappa shape index (κ2) is 8.99. The smallest absolute Gasteiger partial charge is 0.255 e. The largest absolute Gasteiger partial charge is 0.380 e. The second-order valence-electron chi connectivity index (χ2n) is 6.31. The van der Waals surface area contributed by atoms with Crippen LogP contribution in [0.4, 0.5) is 11.4 Å². The zero-order chi connectivity index (χ0) is 18.2. The van der Waals surface area contributed by atoms with Crippen LogP contribution in [0.25, 0.3) is 0 Å². The molecule has 0 aromatic heterocycles. The van der Waals surface area contributed by atoms with Gasteiger partial charge in [0.1, 0.15) is 0 Å². The second-order valence-corrected chi connectivity index (χ2v) is 6.31. The summed E-state index contributed by atoms with van der Waals surface area (Å²) in [7, 11) is 1.62. The van der Waals surface area contributed by atoms with E-state index in [2.05, 4.69) is 10.6 Å². The molecule has 5 nitrogen and oxygen atoms in total. The van der Waals surface area contributed by atoms with Crippen LogP contribution in [0.1, 0.15) is 36.2 Å². The molecule has 2 aromatic carbocycles. The third kappa shape index (κ3) is 6.04. The first kappa shape index (κ1) is 18.7. The molecule has 2 aromatic rings. The summed E-state index contributed by atoms with van der Waals surface area (Å²) >= 11 is 0. The molecule has 25 heavy (non-hydrogen) atoms. The topological polar surface area (TPSA) is 67.4 Å². The first-order chi connectivity index (χ1) is 12.0. The van der Waals surface area contributed by atoms with E-state index in [0.29, 0.717) is 35.9 Å². The summed E-state index contributed by atoms with van der Waals surface area (Å²) in [5, 5.41) is 5.69. The number of carbonyl (C=O) groups excluding carboxylic acids is 2. The Morgan fingerprint density at radius 2 is 1.64 bits per heavy atom. The fourth-order valence-corrected chi connectivity index (χ4v) is 2.39. The van der Waals surface area contributed by atoms with Gasteiger partial charge in [-0.2, -0.15) is 0 Å². The molecular weight excluding hydrogens is 316 g/mol. The molecule has 0 aliphatic heterocycles. The maximum Gasteiger partial charge on any atom is 0.255 e. The van der Waals surface area contributed by atoms with Crippen LogP contribution in [0, 0.1) is 5.92 Å². The Balaban J connectivity index is 1.97. The van der Waals surface area contributed by atoms with Crippen molar-refractivity contribution in [2.24, 2.45) is 5.92 Å². The molecule has 0 spiro atoms. The Morgan fingerprint density at radius 1 is 1.00 bits per heavy atom. The SMILES string of the molecule is COCc1cccc(C(=O)Nc2ccc(NC(=O)CC(C)C)cc2)c1. The molecule has 5 heteroatoms. The molecule has 0 unspecified atom stereocenters. The van der Waals surface area contributed by atoms with Crippen molar-refractivity contribution in [3.63, 3.8) is 0 Å². The van der Waals surface area contributed by atoms with Crippen molar-refractivity contribution >= 4 is 23.2 Å². The number of methoxy groups -OCH3 is 1. The van der Waals surface area contributed by atoms with E-state index in [1.165, 1.54) is 0 Å². The highest BCUT2D eigenvalue weighted by molar-refractivity contribution is 6.04. The van der Waals surface area contributed by atoms with Crippen LogP contribution < -0.4 is 10.6 Å². The molecule has 0 atom stereocenters. The highest BCUT2D eigenvalue weighted by atomic mass is 16.5. The summed E-state index contributed by atoms with van der Waals surface area (Å²) in [5.74, 6) is 0.115. The predicted molar refractivity (Wildman–Crippen MR) is 99.6 cm³/mol. The third-order valence-corrected chi connectivity index (χ3v) is 3.52. The van der Waals surface area contributed by atoms with E-state index >= 15 is 0 Å². The molecule has 0 saturated heterocycles. The van der Waals surface area contributed by atoms with Crippen molar-refractivity contribution in [2.75, 3.05) is 17.7 Å². The van der Waals surface area contributed by atoms with Crippen LogP contribution in [0.15, 0.2) is 48.5 Å². The van der Waals surface area contributed by atoms with Gasteiger partial charge in [0.2, 0.25) is 5.91 Å². The molecule has 0 aliphatic carbocycles. The van der Waals surface area contributed by atoms with Gasteiger partial charge in [-0.25, -0.2) is 0 Å². The normalized spacial score (nSPS) is 10.6. The molecule has 0 radical (unpaired) electrons. The Kier molecular flexibility index (Phi) is 6.71. The first-order valence-electron chi connectivity index (χ1n) is 8.27. The molecule has 0 bridgehead atoms. The highest BCUT2D eigenvalue weighted by Gasteiger charge is 2.08. The number of hydrogen-bond acceptors (Lipinski definition) is 3. The number of rotatable bonds is 7. The van der Waals surface area contributed by atoms with Crippen LogP contribution in [-0.2, 0) is 16.1 Å². The molecule has 0 saturated carbocycles. The molecule has 2 amide bonds. The zero-order valence-electron chi connectivity index (χ0n) is 14.8. The molecule has 2 rings (SSSR count). The molecule has 0 heterocycles. The highest BCUT2D eigenvalue weighted by Crippen LogP contribution is 2.16. The minimum atomic E-state index is -0.186. The van der Waals surface area contributed by atoms with Gasteiger partial charge >= 0.3 is 0 Å². The lowest BCUT2D eigenvalue weighted by Gasteiger charge is -2.09. The van der Waals surface area contributed by atoms with Crippen molar-refractivity contribution in [3.05, 3.63) is 59.7 Å². The Morgan fingerprint density at radius 3 is 2.24 bits per heavy atom. The quantitative estimate of drug-likeness (QED) is 0.798. The van der Waals surface area contributed by atoms with Crippen molar-refractivity contribution in [2.45, 2.75) is 26.9 Å². The van der Waals surface area contributed by atoms with Crippen LogP contribution >= 0.6 is 0 Å². The standard InChI is InChI=1S/C20H24N2O3/c1-14(2)11-19(23)21-17-7-9-18(10-8-17)22-20(24)16-6-4-5-15(12-16)13-25-3/h4-10,12,14H,11,13H2,1-3H3,(H,21,23)(H,22,24). The Hall–Kier alpha value is -2.66. The van der Waals surface area contributed by atoms with Gasteiger partial charge in [0.15, 0.2) is 0 Å². The summed E-state index contributed by atoms with van der Waals surface area (Å²) in [6, 6.07) is 14.4. The maximum absolute atomic E-state index is 12.3. The predicted octanol–water partition coefficient (Wildman–Crippen LogP) is 4.07. The van der Waals surface area contributed by atoms with Gasteiger partial charge in [0.25, 0.3) is 5.91 Å². The summed E-state index contributed by atoms with van der Waals surface area (Å²) in [4.78, 5) is 24.1. The Labute approximate surface area is 148 Å². The van der Waals surface area contributed by atoms with E-state index in [-0.39, 0.29) is 11.8 Å². The van der Waals surface area contributed by atoms with Crippen molar-refractivity contribution in [1.29, 1.82) is 0 Å². The molecular formula is C20H24N2O3. The summed E-state index contributed by atoms with van der Waals surface area (Å²) < 4.78 is 5.08.